The van der Waals surface area contributed by atoms with E-state index in [4.69, 9.17) is 4.74 Å². The van der Waals surface area contributed by atoms with Gasteiger partial charge < -0.3 is 24.5 Å². The van der Waals surface area contributed by atoms with Crippen LogP contribution in [0.5, 0.6) is 0 Å². The number of esters is 1. The Morgan fingerprint density at radius 2 is 1.81 bits per heavy atom. The van der Waals surface area contributed by atoms with Gasteiger partial charge in [-0.25, -0.2) is 0 Å². The summed E-state index contributed by atoms with van der Waals surface area (Å²) in [6, 6.07) is 7.25. The van der Waals surface area contributed by atoms with Crippen molar-refractivity contribution < 1.29 is 24.2 Å². The SMILES string of the molecule is C=CCCCOC(=O)[C@H]1[C@@H]2SC3(CC2Br)C(C(=O)N(CC=C)c2ccc(N(CC)CC)cc2)N(CCCCCO)C(=O)[C@H]13. The fourth-order valence-corrected chi connectivity index (χ4v) is 10.6. The van der Waals surface area contributed by atoms with E-state index in [1.54, 1.807) is 33.7 Å². The van der Waals surface area contributed by atoms with Crippen molar-refractivity contribution >= 4 is 56.9 Å². The Morgan fingerprint density at radius 1 is 1.12 bits per heavy atom. The molecule has 1 spiro atoms. The van der Waals surface area contributed by atoms with Crippen molar-refractivity contribution in [3.05, 3.63) is 49.6 Å². The van der Waals surface area contributed by atoms with Crippen LogP contribution in [0.3, 0.4) is 0 Å². The smallest absolute Gasteiger partial charge is 0.310 e. The second-order valence-corrected chi connectivity index (χ2v) is 14.2. The van der Waals surface area contributed by atoms with Crippen LogP contribution in [0.4, 0.5) is 11.4 Å². The molecule has 3 aliphatic heterocycles. The highest BCUT2D eigenvalue weighted by molar-refractivity contribution is 9.09. The molecule has 10 heteroatoms. The Morgan fingerprint density at radius 3 is 2.44 bits per heavy atom. The van der Waals surface area contributed by atoms with Gasteiger partial charge in [0.15, 0.2) is 0 Å². The lowest BCUT2D eigenvalue weighted by molar-refractivity contribution is -0.154. The van der Waals surface area contributed by atoms with Crippen LogP contribution in [0.1, 0.15) is 52.4 Å². The first-order chi connectivity index (χ1) is 20.8. The summed E-state index contributed by atoms with van der Waals surface area (Å²) in [6.07, 6.45) is 7.60. The number of carbonyl (C=O) groups is 3. The predicted octanol–water partition coefficient (Wildman–Crippen LogP) is 5.19. The van der Waals surface area contributed by atoms with Crippen LogP contribution < -0.4 is 9.80 Å². The van der Waals surface area contributed by atoms with Crippen LogP contribution in [0.25, 0.3) is 0 Å². The molecule has 2 bridgehead atoms. The predicted molar refractivity (Wildman–Crippen MR) is 178 cm³/mol. The Kier molecular flexibility index (Phi) is 11.8. The Labute approximate surface area is 269 Å². The number of aliphatic hydroxyl groups excluding tert-OH is 1. The highest BCUT2D eigenvalue weighted by Crippen LogP contribution is 2.68. The number of fused-ring (bicyclic) bond motifs is 1. The molecular formula is C33H46BrN3O5S. The maximum absolute atomic E-state index is 14.7. The second-order valence-electron chi connectivity index (χ2n) is 11.5. The number of rotatable bonds is 17. The molecule has 3 heterocycles. The number of hydrogen-bond donors (Lipinski definition) is 1. The fourth-order valence-electron chi connectivity index (χ4n) is 7.02. The van der Waals surface area contributed by atoms with Gasteiger partial charge in [-0.15, -0.1) is 24.9 Å². The summed E-state index contributed by atoms with van der Waals surface area (Å²) in [5, 5.41) is 9.18. The molecule has 0 saturated carbocycles. The van der Waals surface area contributed by atoms with Crippen molar-refractivity contribution in [3.63, 3.8) is 0 Å². The van der Waals surface area contributed by atoms with E-state index in [0.717, 1.165) is 37.3 Å². The average Bonchev–Trinajstić information content (AvgIpc) is 3.60. The molecule has 3 saturated heterocycles. The highest BCUT2D eigenvalue weighted by atomic mass is 79.9. The third kappa shape index (κ3) is 6.57. The second kappa shape index (κ2) is 15.1. The van der Waals surface area contributed by atoms with Gasteiger partial charge in [0.2, 0.25) is 5.91 Å². The van der Waals surface area contributed by atoms with E-state index in [0.29, 0.717) is 38.8 Å². The van der Waals surface area contributed by atoms with Crippen LogP contribution in [-0.4, -0.2) is 88.0 Å². The zero-order valence-corrected chi connectivity index (χ0v) is 27.9. The van der Waals surface area contributed by atoms with E-state index < -0.39 is 22.6 Å². The Bertz CT molecular complexity index is 1160. The molecule has 2 amide bonds. The van der Waals surface area contributed by atoms with Crippen molar-refractivity contribution in [1.82, 2.24) is 4.90 Å². The molecule has 236 valence electrons. The zero-order valence-electron chi connectivity index (χ0n) is 25.5. The number of hydrogen-bond acceptors (Lipinski definition) is 7. The van der Waals surface area contributed by atoms with Gasteiger partial charge in [0, 0.05) is 54.2 Å². The van der Waals surface area contributed by atoms with Crippen molar-refractivity contribution in [2.24, 2.45) is 11.8 Å². The van der Waals surface area contributed by atoms with E-state index in [1.165, 1.54) is 0 Å². The number of nitrogens with zero attached hydrogens (tertiary/aromatic N) is 3. The molecule has 43 heavy (non-hydrogen) atoms. The van der Waals surface area contributed by atoms with Gasteiger partial charge in [0.1, 0.15) is 6.04 Å². The average molecular weight is 677 g/mol. The van der Waals surface area contributed by atoms with Gasteiger partial charge in [-0.3, -0.25) is 14.4 Å². The molecule has 4 rings (SSSR count). The van der Waals surface area contributed by atoms with Crippen molar-refractivity contribution in [1.29, 1.82) is 0 Å². The summed E-state index contributed by atoms with van der Waals surface area (Å²) in [6.45, 7) is 14.7. The van der Waals surface area contributed by atoms with Crippen LogP contribution in [0.15, 0.2) is 49.6 Å². The number of likely N-dealkylation sites (tertiary alicyclic amines) is 1. The van der Waals surface area contributed by atoms with Gasteiger partial charge in [-0.1, -0.05) is 28.1 Å². The first kappa shape index (κ1) is 33.6. The molecule has 3 unspecified atom stereocenters. The number of aliphatic hydroxyl groups is 1. The topological polar surface area (TPSA) is 90.4 Å². The van der Waals surface area contributed by atoms with E-state index in [1.807, 2.05) is 24.3 Å². The molecule has 1 aromatic carbocycles. The summed E-state index contributed by atoms with van der Waals surface area (Å²) in [5.41, 5.74) is 1.83. The number of alkyl halides is 1. The minimum atomic E-state index is -0.741. The van der Waals surface area contributed by atoms with Crippen LogP contribution >= 0.6 is 27.7 Å². The van der Waals surface area contributed by atoms with Crippen molar-refractivity contribution in [2.45, 2.75) is 73.2 Å². The van der Waals surface area contributed by atoms with Crippen LogP contribution in [0.2, 0.25) is 0 Å². The fraction of sp³-hybridized carbons (Fsp3) is 0.606. The molecule has 0 aromatic heterocycles. The number of ether oxygens (including phenoxy) is 1. The third-order valence-electron chi connectivity index (χ3n) is 9.02. The van der Waals surface area contributed by atoms with Crippen molar-refractivity contribution in [2.75, 3.05) is 49.2 Å². The number of amides is 2. The Hall–Kier alpha value is -2.30. The minimum absolute atomic E-state index is 0.0156. The summed E-state index contributed by atoms with van der Waals surface area (Å²) in [5.74, 6) is -1.88. The number of anilines is 2. The maximum Gasteiger partial charge on any atom is 0.310 e. The van der Waals surface area contributed by atoms with E-state index >= 15 is 0 Å². The van der Waals surface area contributed by atoms with Gasteiger partial charge in [-0.2, -0.15) is 0 Å². The van der Waals surface area contributed by atoms with Gasteiger partial charge in [0.05, 0.1) is 23.2 Å². The van der Waals surface area contributed by atoms with Gasteiger partial charge in [-0.05, 0) is 76.6 Å². The quantitative estimate of drug-likeness (QED) is 0.105. The molecule has 1 N–H and O–H groups in total. The summed E-state index contributed by atoms with van der Waals surface area (Å²) < 4.78 is 4.96. The minimum Gasteiger partial charge on any atom is -0.465 e. The van der Waals surface area contributed by atoms with Gasteiger partial charge >= 0.3 is 5.97 Å². The largest absolute Gasteiger partial charge is 0.465 e. The lowest BCUT2D eigenvalue weighted by Gasteiger charge is -2.38. The Balaban J connectivity index is 1.69. The summed E-state index contributed by atoms with van der Waals surface area (Å²) >= 11 is 5.44. The van der Waals surface area contributed by atoms with Crippen molar-refractivity contribution in [3.8, 4) is 0 Å². The molecule has 6 atom stereocenters. The summed E-state index contributed by atoms with van der Waals surface area (Å²) in [7, 11) is 0. The molecule has 8 nitrogen and oxygen atoms in total. The normalized spacial score (nSPS) is 27.2. The standard InChI is InChI=1S/C33H46BrN3O5S/c1-5-9-13-21-42-32(41)26-27-30(39)37(19-11-10-12-20-38)29(33(27)22-25(34)28(26)43-33)31(40)36(18-6-2)24-16-14-23(15-17-24)35(7-3)8-4/h5-6,14-17,25-29,38H,1-2,7-13,18-22H2,3-4H3/t25?,26-,27+,28-,29?,33?/m1/s1. The maximum atomic E-state index is 14.7. The lowest BCUT2D eigenvalue weighted by Crippen LogP contribution is -2.55. The highest BCUT2D eigenvalue weighted by Gasteiger charge is 2.76. The number of thioether (sulfide) groups is 1. The van der Waals surface area contributed by atoms with E-state index in [9.17, 15) is 19.5 Å². The molecule has 3 fully saturated rings. The zero-order chi connectivity index (χ0) is 31.1. The molecule has 0 aliphatic carbocycles. The lowest BCUT2D eigenvalue weighted by atomic mass is 9.71. The first-order valence-corrected chi connectivity index (χ1v) is 17.4. The number of carbonyl (C=O) groups excluding carboxylic acids is 3. The number of allylic oxidation sites excluding steroid dienone is 1. The summed E-state index contributed by atoms with van der Waals surface area (Å²) in [4.78, 5) is 48.2. The third-order valence-corrected chi connectivity index (χ3v) is 12.2. The molecule has 3 aliphatic rings. The monoisotopic (exact) mass is 675 g/mol. The number of benzene rings is 1. The van der Waals surface area contributed by atoms with Crippen LogP contribution in [0, 0.1) is 11.8 Å². The number of halogens is 1. The van der Waals surface area contributed by atoms with E-state index in [-0.39, 0.29) is 41.1 Å². The molecule has 0 radical (unpaired) electrons. The van der Waals surface area contributed by atoms with E-state index in [2.05, 4.69) is 47.8 Å². The van der Waals surface area contributed by atoms with Crippen LogP contribution in [-0.2, 0) is 19.1 Å². The number of unbranched alkanes of at least 4 members (excludes halogenated alkanes) is 3. The first-order valence-electron chi connectivity index (χ1n) is 15.6. The van der Waals surface area contributed by atoms with Gasteiger partial charge in [0.25, 0.3) is 5.91 Å². The molecule has 1 aromatic rings. The molecular weight excluding hydrogens is 630 g/mol.